The minimum Gasteiger partial charge on any atom is -0.368 e. The highest BCUT2D eigenvalue weighted by atomic mass is 32.2. The summed E-state index contributed by atoms with van der Waals surface area (Å²) in [6.45, 7) is 1.28. The van der Waals surface area contributed by atoms with Crippen LogP contribution < -0.4 is 4.90 Å². The summed E-state index contributed by atoms with van der Waals surface area (Å²) in [5.41, 5.74) is -0.318. The van der Waals surface area contributed by atoms with Gasteiger partial charge in [0.15, 0.2) is 5.16 Å². The third kappa shape index (κ3) is 4.99. The predicted octanol–water partition coefficient (Wildman–Crippen LogP) is 3.29. The first kappa shape index (κ1) is 22.2. The summed E-state index contributed by atoms with van der Waals surface area (Å²) >= 11 is 0.847. The quantitative estimate of drug-likeness (QED) is 0.526. The highest BCUT2D eigenvalue weighted by Gasteiger charge is 2.37. The van der Waals surface area contributed by atoms with Crippen LogP contribution in [0.5, 0.6) is 0 Å². The van der Waals surface area contributed by atoms with E-state index in [4.69, 9.17) is 0 Å². The number of nitrogens with zero attached hydrogens (tertiary/aromatic N) is 5. The van der Waals surface area contributed by atoms with Crippen LogP contribution in [0.2, 0.25) is 0 Å². The number of benzene rings is 1. The van der Waals surface area contributed by atoms with E-state index in [-0.39, 0.29) is 16.8 Å². The maximum absolute atomic E-state index is 12.9. The van der Waals surface area contributed by atoms with Gasteiger partial charge in [-0.3, -0.25) is 4.79 Å². The van der Waals surface area contributed by atoms with Crippen LogP contribution in [0.15, 0.2) is 29.4 Å². The Morgan fingerprint density at radius 3 is 2.27 bits per heavy atom. The second-order valence-electron chi connectivity index (χ2n) is 6.57. The number of carbonyl (C=O) groups excluding carboxylic acids is 1. The Kier molecular flexibility index (Phi) is 6.20. The molecule has 1 fully saturated rings. The number of thioether (sulfide) groups is 1. The summed E-state index contributed by atoms with van der Waals surface area (Å²) in [4.78, 5) is 15.7. The zero-order chi connectivity index (χ0) is 22.1. The van der Waals surface area contributed by atoms with Gasteiger partial charge in [0.25, 0.3) is 0 Å². The van der Waals surface area contributed by atoms with E-state index in [1.807, 2.05) is 0 Å². The van der Waals surface area contributed by atoms with E-state index >= 15 is 0 Å². The van der Waals surface area contributed by atoms with Gasteiger partial charge in [-0.05, 0) is 18.2 Å². The molecule has 0 unspecified atom stereocenters. The summed E-state index contributed by atoms with van der Waals surface area (Å²) in [5, 5.41) is 6.54. The molecule has 0 N–H and O–H groups in total. The van der Waals surface area contributed by atoms with Crippen molar-refractivity contribution in [1.29, 1.82) is 0 Å². The predicted molar refractivity (Wildman–Crippen MR) is 97.0 cm³/mol. The number of alkyl halides is 6. The van der Waals surface area contributed by atoms with Gasteiger partial charge in [-0.15, -0.1) is 10.2 Å². The summed E-state index contributed by atoms with van der Waals surface area (Å²) < 4.78 is 77.6. The molecule has 0 spiro atoms. The highest BCUT2D eigenvalue weighted by Crippen LogP contribution is 2.32. The molecule has 0 atom stereocenters. The largest absolute Gasteiger partial charge is 0.451 e. The Labute approximate surface area is 171 Å². The van der Waals surface area contributed by atoms with Crippen molar-refractivity contribution in [1.82, 2.24) is 19.7 Å². The van der Waals surface area contributed by atoms with Crippen molar-refractivity contribution in [3.63, 3.8) is 0 Å². The van der Waals surface area contributed by atoms with Gasteiger partial charge in [0.2, 0.25) is 11.7 Å². The molecule has 0 bridgehead atoms. The minimum absolute atomic E-state index is 0.0294. The van der Waals surface area contributed by atoms with Gasteiger partial charge >= 0.3 is 12.4 Å². The minimum atomic E-state index is -4.63. The summed E-state index contributed by atoms with van der Waals surface area (Å²) in [6, 6.07) is 4.98. The number of rotatable bonds is 4. The average Bonchev–Trinajstić information content (AvgIpc) is 3.06. The van der Waals surface area contributed by atoms with Crippen LogP contribution in [0.25, 0.3) is 0 Å². The van der Waals surface area contributed by atoms with Crippen LogP contribution >= 0.6 is 11.8 Å². The van der Waals surface area contributed by atoms with Crippen LogP contribution in [0.1, 0.15) is 11.4 Å². The molecule has 13 heteroatoms. The molecule has 0 aliphatic carbocycles. The van der Waals surface area contributed by atoms with Crippen LogP contribution in [-0.2, 0) is 24.2 Å². The summed E-state index contributed by atoms with van der Waals surface area (Å²) in [6.07, 6.45) is -9.07. The van der Waals surface area contributed by atoms with Gasteiger partial charge in [-0.2, -0.15) is 26.3 Å². The van der Waals surface area contributed by atoms with Crippen LogP contribution in [0.3, 0.4) is 0 Å². The molecule has 6 nitrogen and oxygen atoms in total. The van der Waals surface area contributed by atoms with Gasteiger partial charge < -0.3 is 14.4 Å². The van der Waals surface area contributed by atoms with E-state index in [9.17, 15) is 31.1 Å². The molecule has 3 rings (SSSR count). The van der Waals surface area contributed by atoms with Gasteiger partial charge in [0.1, 0.15) is 0 Å². The van der Waals surface area contributed by atoms with E-state index in [0.29, 0.717) is 31.9 Å². The van der Waals surface area contributed by atoms with Crippen molar-refractivity contribution >= 4 is 23.4 Å². The molecule has 0 radical (unpaired) electrons. The molecule has 0 saturated carbocycles. The number of hydrogen-bond donors (Lipinski definition) is 0. The molecule has 1 saturated heterocycles. The molecular formula is C17H17F6N5OS. The molecule has 164 valence electrons. The molecule has 1 aliphatic heterocycles. The highest BCUT2D eigenvalue weighted by molar-refractivity contribution is 7.99. The molecule has 1 aromatic heterocycles. The number of amides is 1. The maximum atomic E-state index is 12.9. The molecule has 1 amide bonds. The van der Waals surface area contributed by atoms with E-state index < -0.39 is 23.7 Å². The van der Waals surface area contributed by atoms with Gasteiger partial charge in [-0.1, -0.05) is 17.8 Å². The molecule has 2 aromatic rings. The Morgan fingerprint density at radius 2 is 1.70 bits per heavy atom. The van der Waals surface area contributed by atoms with Crippen molar-refractivity contribution in [3.05, 3.63) is 35.7 Å². The fraction of sp³-hybridized carbons (Fsp3) is 0.471. The third-order valence-corrected chi connectivity index (χ3v) is 5.59. The zero-order valence-corrected chi connectivity index (χ0v) is 16.5. The van der Waals surface area contributed by atoms with Gasteiger partial charge in [-0.25, -0.2) is 0 Å². The fourth-order valence-corrected chi connectivity index (χ4v) is 3.81. The maximum Gasteiger partial charge on any atom is 0.451 e. The van der Waals surface area contributed by atoms with Gasteiger partial charge in [0.05, 0.1) is 11.3 Å². The van der Waals surface area contributed by atoms with E-state index in [2.05, 4.69) is 10.2 Å². The van der Waals surface area contributed by atoms with E-state index in [0.717, 1.165) is 28.5 Å². The summed E-state index contributed by atoms with van der Waals surface area (Å²) in [5.74, 6) is -1.56. The average molecular weight is 453 g/mol. The number of hydrogen-bond acceptors (Lipinski definition) is 5. The number of anilines is 1. The lowest BCUT2D eigenvalue weighted by atomic mass is 10.1. The number of aromatic nitrogens is 3. The normalized spacial score (nSPS) is 15.6. The molecule has 1 aromatic carbocycles. The Morgan fingerprint density at radius 1 is 1.03 bits per heavy atom. The molecule has 2 heterocycles. The second-order valence-corrected chi connectivity index (χ2v) is 7.51. The Balaban J connectivity index is 1.54. The topological polar surface area (TPSA) is 54.3 Å². The summed E-state index contributed by atoms with van der Waals surface area (Å²) in [7, 11) is 1.17. The second kappa shape index (κ2) is 8.36. The van der Waals surface area contributed by atoms with Crippen molar-refractivity contribution in [2.75, 3.05) is 36.8 Å². The van der Waals surface area contributed by atoms with E-state index in [1.165, 1.54) is 18.0 Å². The fourth-order valence-electron chi connectivity index (χ4n) is 3.00. The molecular weight excluding hydrogens is 436 g/mol. The first-order valence-electron chi connectivity index (χ1n) is 8.76. The lowest BCUT2D eigenvalue weighted by Crippen LogP contribution is -2.49. The van der Waals surface area contributed by atoms with Gasteiger partial charge in [0, 0.05) is 38.9 Å². The van der Waals surface area contributed by atoms with E-state index in [1.54, 1.807) is 11.0 Å². The third-order valence-electron chi connectivity index (χ3n) is 4.58. The zero-order valence-electron chi connectivity index (χ0n) is 15.7. The number of piperazine rings is 1. The lowest BCUT2D eigenvalue weighted by Gasteiger charge is -2.36. The van der Waals surface area contributed by atoms with Crippen molar-refractivity contribution in [2.24, 2.45) is 7.05 Å². The monoisotopic (exact) mass is 453 g/mol. The van der Waals surface area contributed by atoms with Crippen molar-refractivity contribution in [3.8, 4) is 0 Å². The Bertz CT molecular complexity index is 905. The first-order chi connectivity index (χ1) is 14.0. The standard InChI is InChI=1S/C17H17F6N5OS/c1-26-14(17(21,22)23)24-25-15(26)30-10-13(29)28-7-5-27(6-8-28)12-4-2-3-11(9-12)16(18,19)20/h2-4,9H,5-8,10H2,1H3. The number of halogens is 6. The van der Waals surface area contributed by atoms with Crippen molar-refractivity contribution < 1.29 is 31.1 Å². The SMILES string of the molecule is Cn1c(SCC(=O)N2CCN(c3cccc(C(F)(F)F)c3)CC2)nnc1C(F)(F)F. The smallest absolute Gasteiger partial charge is 0.368 e. The Hall–Kier alpha value is -2.44. The molecule has 1 aliphatic rings. The van der Waals surface area contributed by atoms with Crippen LogP contribution in [-0.4, -0.2) is 57.5 Å². The number of carbonyl (C=O) groups is 1. The lowest BCUT2D eigenvalue weighted by molar-refractivity contribution is -0.147. The van der Waals surface area contributed by atoms with Crippen LogP contribution in [0, 0.1) is 0 Å². The molecule has 30 heavy (non-hydrogen) atoms. The van der Waals surface area contributed by atoms with Crippen LogP contribution in [0.4, 0.5) is 32.0 Å². The first-order valence-corrected chi connectivity index (χ1v) is 9.75. The van der Waals surface area contributed by atoms with Crippen molar-refractivity contribution in [2.45, 2.75) is 17.5 Å².